The number of hydrogen-bond acceptors (Lipinski definition) is 5. The lowest BCUT2D eigenvalue weighted by atomic mass is 10.2. The van der Waals surface area contributed by atoms with Gasteiger partial charge in [0, 0.05) is 17.8 Å². The quantitative estimate of drug-likeness (QED) is 0.579. The van der Waals surface area contributed by atoms with Gasteiger partial charge in [-0.2, -0.15) is 13.2 Å². The molecule has 4 aromatic heterocycles. The van der Waals surface area contributed by atoms with E-state index in [4.69, 9.17) is 0 Å². The SMILES string of the molecule is FC(F)(F)c1cncc(Nc2nc(-c3cnc4ccccn34)cs2)c1. The summed E-state index contributed by atoms with van der Waals surface area (Å²) in [6.45, 7) is 0. The van der Waals surface area contributed by atoms with Crippen LogP contribution in [0.1, 0.15) is 5.56 Å². The summed E-state index contributed by atoms with van der Waals surface area (Å²) >= 11 is 1.29. The second kappa shape index (κ2) is 5.85. The van der Waals surface area contributed by atoms with E-state index in [1.54, 1.807) is 6.20 Å². The average molecular weight is 361 g/mol. The minimum absolute atomic E-state index is 0.230. The van der Waals surface area contributed by atoms with Gasteiger partial charge in [-0.15, -0.1) is 11.3 Å². The zero-order valence-corrected chi connectivity index (χ0v) is 13.3. The Labute approximate surface area is 143 Å². The molecular formula is C16H10F3N5S. The molecule has 5 nitrogen and oxygen atoms in total. The van der Waals surface area contributed by atoms with E-state index in [1.807, 2.05) is 34.2 Å². The lowest BCUT2D eigenvalue weighted by molar-refractivity contribution is -0.137. The fourth-order valence-electron chi connectivity index (χ4n) is 2.36. The number of hydrogen-bond donors (Lipinski definition) is 1. The molecule has 1 N–H and O–H groups in total. The highest BCUT2D eigenvalue weighted by Gasteiger charge is 2.31. The first-order valence-electron chi connectivity index (χ1n) is 7.18. The molecule has 0 aromatic carbocycles. The van der Waals surface area contributed by atoms with Crippen LogP contribution in [-0.4, -0.2) is 19.4 Å². The number of pyridine rings is 2. The van der Waals surface area contributed by atoms with Crippen LogP contribution in [-0.2, 0) is 6.18 Å². The number of imidazole rings is 1. The van der Waals surface area contributed by atoms with Crippen molar-refractivity contribution in [2.24, 2.45) is 0 Å². The van der Waals surface area contributed by atoms with E-state index in [1.165, 1.54) is 17.5 Å². The van der Waals surface area contributed by atoms with Crippen molar-refractivity contribution < 1.29 is 13.2 Å². The molecule has 0 aliphatic rings. The number of aromatic nitrogens is 4. The molecule has 0 unspecified atom stereocenters. The predicted molar refractivity (Wildman–Crippen MR) is 88.8 cm³/mol. The van der Waals surface area contributed by atoms with Crippen LogP contribution >= 0.6 is 11.3 Å². The highest BCUT2D eigenvalue weighted by molar-refractivity contribution is 7.14. The Balaban J connectivity index is 1.62. The second-order valence-electron chi connectivity index (χ2n) is 5.20. The Morgan fingerprint density at radius 2 is 2.00 bits per heavy atom. The van der Waals surface area contributed by atoms with Crippen LogP contribution in [0.5, 0.6) is 0 Å². The third-order valence-corrected chi connectivity index (χ3v) is 4.26. The van der Waals surface area contributed by atoms with Gasteiger partial charge in [-0.05, 0) is 18.2 Å². The summed E-state index contributed by atoms with van der Waals surface area (Å²) in [5, 5.41) is 5.16. The lowest BCUT2D eigenvalue weighted by Gasteiger charge is -2.08. The zero-order chi connectivity index (χ0) is 17.4. The molecule has 0 bridgehead atoms. The molecule has 0 aliphatic heterocycles. The van der Waals surface area contributed by atoms with Gasteiger partial charge in [-0.3, -0.25) is 9.38 Å². The predicted octanol–water partition coefficient (Wildman–Crippen LogP) is 4.62. The van der Waals surface area contributed by atoms with Crippen molar-refractivity contribution in [3.05, 3.63) is 60.0 Å². The van der Waals surface area contributed by atoms with Crippen LogP contribution in [0, 0.1) is 0 Å². The fraction of sp³-hybridized carbons (Fsp3) is 0.0625. The van der Waals surface area contributed by atoms with Gasteiger partial charge in [-0.1, -0.05) is 6.07 Å². The van der Waals surface area contributed by atoms with Gasteiger partial charge in [-0.25, -0.2) is 9.97 Å². The molecular weight excluding hydrogens is 351 g/mol. The highest BCUT2D eigenvalue weighted by Crippen LogP contribution is 2.32. The van der Waals surface area contributed by atoms with Crippen LogP contribution in [0.3, 0.4) is 0 Å². The molecule has 0 spiro atoms. The summed E-state index contributed by atoms with van der Waals surface area (Å²) < 4.78 is 40.2. The summed E-state index contributed by atoms with van der Waals surface area (Å²) in [5.74, 6) is 0. The Morgan fingerprint density at radius 3 is 2.84 bits per heavy atom. The van der Waals surface area contributed by atoms with Crippen molar-refractivity contribution in [3.8, 4) is 11.4 Å². The molecule has 4 aromatic rings. The first kappa shape index (κ1) is 15.6. The summed E-state index contributed by atoms with van der Waals surface area (Å²) in [6, 6.07) is 6.66. The topological polar surface area (TPSA) is 55.1 Å². The third kappa shape index (κ3) is 3.05. The van der Waals surface area contributed by atoms with Crippen LogP contribution in [0.2, 0.25) is 0 Å². The third-order valence-electron chi connectivity index (χ3n) is 3.50. The number of fused-ring (bicyclic) bond motifs is 1. The van der Waals surface area contributed by atoms with Gasteiger partial charge >= 0.3 is 6.18 Å². The van der Waals surface area contributed by atoms with Crippen molar-refractivity contribution in [3.63, 3.8) is 0 Å². The van der Waals surface area contributed by atoms with Crippen LogP contribution in [0.4, 0.5) is 24.0 Å². The van der Waals surface area contributed by atoms with Crippen LogP contribution in [0.15, 0.2) is 54.4 Å². The molecule has 0 aliphatic carbocycles. The van der Waals surface area contributed by atoms with Gasteiger partial charge in [0.2, 0.25) is 0 Å². The number of halogens is 3. The Hall–Kier alpha value is -2.94. The van der Waals surface area contributed by atoms with Gasteiger partial charge < -0.3 is 5.32 Å². The zero-order valence-electron chi connectivity index (χ0n) is 12.5. The largest absolute Gasteiger partial charge is 0.417 e. The van der Waals surface area contributed by atoms with Crippen molar-refractivity contribution in [2.75, 3.05) is 5.32 Å². The Morgan fingerprint density at radius 1 is 1.12 bits per heavy atom. The van der Waals surface area contributed by atoms with Gasteiger partial charge in [0.25, 0.3) is 0 Å². The maximum absolute atomic E-state index is 12.8. The van der Waals surface area contributed by atoms with Gasteiger partial charge in [0.15, 0.2) is 5.13 Å². The molecule has 0 saturated carbocycles. The van der Waals surface area contributed by atoms with Gasteiger partial charge in [0.05, 0.1) is 29.3 Å². The standard InChI is InChI=1S/C16H10F3N5S/c17-16(18,19)10-5-11(7-20-6-10)22-15-23-12(9-25-15)13-8-21-14-3-1-2-4-24(13)14/h1-9H,(H,22,23). The summed E-state index contributed by atoms with van der Waals surface area (Å²) in [4.78, 5) is 12.4. The Bertz CT molecular complexity index is 1040. The van der Waals surface area contributed by atoms with E-state index in [0.29, 0.717) is 10.8 Å². The number of alkyl halides is 3. The molecule has 126 valence electrons. The number of thiazole rings is 1. The molecule has 0 atom stereocenters. The maximum Gasteiger partial charge on any atom is 0.417 e. The van der Waals surface area contributed by atoms with Crippen molar-refractivity contribution in [1.82, 2.24) is 19.4 Å². The maximum atomic E-state index is 12.8. The number of nitrogens with one attached hydrogen (secondary N) is 1. The molecule has 9 heteroatoms. The Kier molecular flexibility index (Phi) is 3.65. The first-order valence-corrected chi connectivity index (χ1v) is 8.06. The fourth-order valence-corrected chi connectivity index (χ4v) is 3.08. The summed E-state index contributed by atoms with van der Waals surface area (Å²) in [6.07, 6.45) is 1.26. The lowest BCUT2D eigenvalue weighted by Crippen LogP contribution is -2.06. The van der Waals surface area contributed by atoms with E-state index in [-0.39, 0.29) is 5.69 Å². The molecule has 0 radical (unpaired) electrons. The highest BCUT2D eigenvalue weighted by atomic mass is 32.1. The summed E-state index contributed by atoms with van der Waals surface area (Å²) in [7, 11) is 0. The second-order valence-corrected chi connectivity index (χ2v) is 6.05. The molecule has 4 heterocycles. The van der Waals surface area contributed by atoms with E-state index < -0.39 is 11.7 Å². The van der Waals surface area contributed by atoms with E-state index in [0.717, 1.165) is 23.6 Å². The van der Waals surface area contributed by atoms with E-state index in [2.05, 4.69) is 20.3 Å². The molecule has 25 heavy (non-hydrogen) atoms. The average Bonchev–Trinajstić information content (AvgIpc) is 3.21. The monoisotopic (exact) mass is 361 g/mol. The van der Waals surface area contributed by atoms with Crippen LogP contribution in [0.25, 0.3) is 17.0 Å². The first-order chi connectivity index (χ1) is 12.0. The minimum Gasteiger partial charge on any atom is -0.330 e. The molecule has 0 saturated heterocycles. The van der Waals surface area contributed by atoms with Crippen molar-refractivity contribution in [2.45, 2.75) is 6.18 Å². The van der Waals surface area contributed by atoms with E-state index in [9.17, 15) is 13.2 Å². The molecule has 4 rings (SSSR count). The molecule has 0 fully saturated rings. The smallest absolute Gasteiger partial charge is 0.330 e. The van der Waals surface area contributed by atoms with Crippen LogP contribution < -0.4 is 5.32 Å². The molecule has 0 amide bonds. The minimum atomic E-state index is -4.44. The van der Waals surface area contributed by atoms with Crippen molar-refractivity contribution in [1.29, 1.82) is 0 Å². The number of nitrogens with zero attached hydrogens (tertiary/aromatic N) is 4. The van der Waals surface area contributed by atoms with Crippen molar-refractivity contribution >= 4 is 27.8 Å². The number of anilines is 2. The summed E-state index contributed by atoms with van der Waals surface area (Å²) in [5.41, 5.74) is 1.71. The number of rotatable bonds is 3. The van der Waals surface area contributed by atoms with Gasteiger partial charge in [0.1, 0.15) is 11.3 Å². The normalized spacial score (nSPS) is 11.8. The van der Waals surface area contributed by atoms with E-state index >= 15 is 0 Å².